The fourth-order valence-electron chi connectivity index (χ4n) is 3.69. The fourth-order valence-corrected chi connectivity index (χ4v) is 3.69. The molecule has 3 rings (SSSR count). The van der Waals surface area contributed by atoms with Crippen LogP contribution >= 0.6 is 0 Å². The number of amides is 1. The van der Waals surface area contributed by atoms with Crippen molar-refractivity contribution in [2.75, 3.05) is 11.9 Å². The number of hydrogen-bond donors (Lipinski definition) is 1. The summed E-state index contributed by atoms with van der Waals surface area (Å²) in [4.78, 5) is 25.1. The third-order valence-electron chi connectivity index (χ3n) is 5.33. The predicted octanol–water partition coefficient (Wildman–Crippen LogP) is 5.82. The van der Waals surface area contributed by atoms with Gasteiger partial charge in [-0.3, -0.25) is 9.59 Å². The Bertz CT molecular complexity index is 974. The first-order chi connectivity index (χ1) is 15.0. The fraction of sp³-hybridized carbons (Fsp3) is 0.259. The minimum atomic E-state index is -0.401. The predicted molar refractivity (Wildman–Crippen MR) is 124 cm³/mol. The topological polar surface area (TPSA) is 55.4 Å². The summed E-state index contributed by atoms with van der Waals surface area (Å²) < 4.78 is 5.34. The summed E-state index contributed by atoms with van der Waals surface area (Å²) in [5.41, 5.74) is 4.92. The molecule has 4 nitrogen and oxygen atoms in total. The molecule has 0 fully saturated rings. The molecular formula is C27H29NO3. The Balaban J connectivity index is 1.64. The van der Waals surface area contributed by atoms with Gasteiger partial charge >= 0.3 is 5.97 Å². The second-order valence-corrected chi connectivity index (χ2v) is 7.98. The smallest absolute Gasteiger partial charge is 0.307 e. The van der Waals surface area contributed by atoms with Crippen molar-refractivity contribution in [1.29, 1.82) is 0 Å². The van der Waals surface area contributed by atoms with E-state index in [-0.39, 0.29) is 30.8 Å². The number of carbonyl (C=O) groups excluding carboxylic acids is 2. The van der Waals surface area contributed by atoms with E-state index >= 15 is 0 Å². The van der Waals surface area contributed by atoms with E-state index in [0.717, 1.165) is 27.9 Å². The summed E-state index contributed by atoms with van der Waals surface area (Å²) in [5, 5.41) is 2.92. The zero-order chi connectivity index (χ0) is 22.2. The standard InChI is InChI=1S/C27H29NO3/c1-19(2)23-16-10-11-20(3)27(23)28-25(29)18-31-26(30)17-24(21-12-6-4-7-13-21)22-14-8-5-9-15-22/h4-16,19,24H,17-18H2,1-3H3,(H,28,29). The van der Waals surface area contributed by atoms with Crippen LogP contribution in [0, 0.1) is 6.92 Å². The van der Waals surface area contributed by atoms with Crippen molar-refractivity contribution in [3.05, 3.63) is 101 Å². The van der Waals surface area contributed by atoms with Crippen molar-refractivity contribution < 1.29 is 14.3 Å². The lowest BCUT2D eigenvalue weighted by atomic mass is 9.89. The molecule has 160 valence electrons. The normalized spacial score (nSPS) is 10.9. The van der Waals surface area contributed by atoms with Crippen molar-refractivity contribution in [2.45, 2.75) is 39.0 Å². The van der Waals surface area contributed by atoms with Gasteiger partial charge in [0.25, 0.3) is 5.91 Å². The highest BCUT2D eigenvalue weighted by molar-refractivity contribution is 5.94. The lowest BCUT2D eigenvalue weighted by Crippen LogP contribution is -2.23. The number of aryl methyl sites for hydroxylation is 1. The van der Waals surface area contributed by atoms with Crippen molar-refractivity contribution in [3.8, 4) is 0 Å². The summed E-state index contributed by atoms with van der Waals surface area (Å²) in [7, 11) is 0. The molecule has 0 saturated heterocycles. The van der Waals surface area contributed by atoms with Gasteiger partial charge in [0.15, 0.2) is 6.61 Å². The molecule has 0 unspecified atom stereocenters. The molecule has 0 atom stereocenters. The maximum absolute atomic E-state index is 12.6. The van der Waals surface area contributed by atoms with Gasteiger partial charge in [-0.25, -0.2) is 0 Å². The number of anilines is 1. The summed E-state index contributed by atoms with van der Waals surface area (Å²) in [6, 6.07) is 25.7. The van der Waals surface area contributed by atoms with Gasteiger partial charge in [0.1, 0.15) is 0 Å². The van der Waals surface area contributed by atoms with E-state index in [9.17, 15) is 9.59 Å². The van der Waals surface area contributed by atoms with Crippen molar-refractivity contribution >= 4 is 17.6 Å². The molecule has 1 N–H and O–H groups in total. The minimum absolute atomic E-state index is 0.123. The van der Waals surface area contributed by atoms with Gasteiger partial charge in [-0.15, -0.1) is 0 Å². The number of rotatable bonds is 8. The van der Waals surface area contributed by atoms with Crippen molar-refractivity contribution in [3.63, 3.8) is 0 Å². The number of hydrogen-bond acceptors (Lipinski definition) is 3. The number of esters is 1. The molecule has 3 aromatic rings. The lowest BCUT2D eigenvalue weighted by molar-refractivity contribution is -0.147. The highest BCUT2D eigenvalue weighted by atomic mass is 16.5. The van der Waals surface area contributed by atoms with Crippen LogP contribution in [0.3, 0.4) is 0 Å². The zero-order valence-electron chi connectivity index (χ0n) is 18.3. The van der Waals surface area contributed by atoms with E-state index in [1.165, 1.54) is 0 Å². The number of nitrogens with one attached hydrogen (secondary N) is 1. The summed E-state index contributed by atoms with van der Waals surface area (Å²) in [6.07, 6.45) is 0.170. The third-order valence-corrected chi connectivity index (χ3v) is 5.33. The molecule has 0 aromatic heterocycles. The van der Waals surface area contributed by atoms with Crippen LogP contribution in [0.15, 0.2) is 78.9 Å². The molecule has 0 bridgehead atoms. The Morgan fingerprint density at radius 1 is 0.839 bits per heavy atom. The van der Waals surface area contributed by atoms with Gasteiger partial charge < -0.3 is 10.1 Å². The van der Waals surface area contributed by atoms with E-state index in [1.54, 1.807) is 0 Å². The van der Waals surface area contributed by atoms with E-state index in [0.29, 0.717) is 0 Å². The Hall–Kier alpha value is -3.40. The molecule has 3 aromatic carbocycles. The lowest BCUT2D eigenvalue weighted by Gasteiger charge is -2.18. The molecule has 0 aliphatic rings. The average molecular weight is 416 g/mol. The summed E-state index contributed by atoms with van der Waals surface area (Å²) in [6.45, 7) is 5.81. The molecule has 0 spiro atoms. The van der Waals surface area contributed by atoms with Gasteiger partial charge in [-0.1, -0.05) is 92.7 Å². The maximum atomic E-state index is 12.6. The first kappa shape index (κ1) is 22.3. The second kappa shape index (κ2) is 10.6. The Kier molecular flexibility index (Phi) is 7.60. The molecule has 0 aliphatic heterocycles. The van der Waals surface area contributed by atoms with Crippen LogP contribution in [-0.4, -0.2) is 18.5 Å². The zero-order valence-corrected chi connectivity index (χ0v) is 18.3. The first-order valence-corrected chi connectivity index (χ1v) is 10.6. The SMILES string of the molecule is Cc1cccc(C(C)C)c1NC(=O)COC(=O)CC(c1ccccc1)c1ccccc1. The molecular weight excluding hydrogens is 386 g/mol. The van der Waals surface area contributed by atoms with E-state index in [2.05, 4.69) is 19.2 Å². The molecule has 31 heavy (non-hydrogen) atoms. The summed E-state index contributed by atoms with van der Waals surface area (Å²) in [5.74, 6) is -0.584. The maximum Gasteiger partial charge on any atom is 0.307 e. The van der Waals surface area contributed by atoms with Crippen molar-refractivity contribution in [2.24, 2.45) is 0 Å². The highest BCUT2D eigenvalue weighted by Crippen LogP contribution is 2.29. The van der Waals surface area contributed by atoms with Gasteiger partial charge in [-0.05, 0) is 35.1 Å². The quantitative estimate of drug-likeness (QED) is 0.472. The van der Waals surface area contributed by atoms with E-state index in [1.807, 2.05) is 85.8 Å². The van der Waals surface area contributed by atoms with Gasteiger partial charge in [0.05, 0.1) is 6.42 Å². The molecule has 1 amide bonds. The number of ether oxygens (including phenoxy) is 1. The Morgan fingerprint density at radius 2 is 1.42 bits per heavy atom. The van der Waals surface area contributed by atoms with Gasteiger partial charge in [-0.2, -0.15) is 0 Å². The monoisotopic (exact) mass is 415 g/mol. The van der Waals surface area contributed by atoms with Crippen LogP contribution in [0.1, 0.15) is 54.4 Å². The second-order valence-electron chi connectivity index (χ2n) is 7.98. The van der Waals surface area contributed by atoms with Crippen LogP contribution in [0.25, 0.3) is 0 Å². The van der Waals surface area contributed by atoms with Crippen molar-refractivity contribution in [1.82, 2.24) is 0 Å². The highest BCUT2D eigenvalue weighted by Gasteiger charge is 2.20. The Labute approximate surface area is 184 Å². The van der Waals surface area contributed by atoms with Gasteiger partial charge in [0.2, 0.25) is 0 Å². The Morgan fingerprint density at radius 3 is 1.97 bits per heavy atom. The van der Waals surface area contributed by atoms with E-state index < -0.39 is 5.97 Å². The third kappa shape index (κ3) is 6.05. The van der Waals surface area contributed by atoms with Crippen LogP contribution in [0.2, 0.25) is 0 Å². The average Bonchev–Trinajstić information content (AvgIpc) is 2.78. The molecule has 0 saturated carbocycles. The first-order valence-electron chi connectivity index (χ1n) is 10.6. The molecule has 0 aliphatic carbocycles. The van der Waals surface area contributed by atoms with Crippen LogP contribution < -0.4 is 5.32 Å². The molecule has 0 heterocycles. The molecule has 0 radical (unpaired) electrons. The number of benzene rings is 3. The largest absolute Gasteiger partial charge is 0.456 e. The van der Waals surface area contributed by atoms with Crippen LogP contribution in [0.4, 0.5) is 5.69 Å². The van der Waals surface area contributed by atoms with E-state index in [4.69, 9.17) is 4.74 Å². The number of carbonyl (C=O) groups is 2. The molecule has 4 heteroatoms. The summed E-state index contributed by atoms with van der Waals surface area (Å²) >= 11 is 0. The van der Waals surface area contributed by atoms with Gasteiger partial charge in [0, 0.05) is 11.6 Å². The minimum Gasteiger partial charge on any atom is -0.456 e. The number of para-hydroxylation sites is 1. The van der Waals surface area contributed by atoms with Crippen LogP contribution in [-0.2, 0) is 14.3 Å². The van der Waals surface area contributed by atoms with Crippen LogP contribution in [0.5, 0.6) is 0 Å².